The number of aliphatic carboxylic acids is 2. The lowest BCUT2D eigenvalue weighted by Crippen LogP contribution is -2.34. The molecule has 0 bridgehead atoms. The highest BCUT2D eigenvalue weighted by Crippen LogP contribution is 2.52. The van der Waals surface area contributed by atoms with Crippen molar-refractivity contribution in [1.29, 1.82) is 0 Å². The van der Waals surface area contributed by atoms with E-state index in [-0.39, 0.29) is 46.2 Å². The highest BCUT2D eigenvalue weighted by Gasteiger charge is 2.45. The standard InChI is InChI=1S/C38H34O16/c39-24-5-1-17(11-28(24)43)9-21(15-31(46)47)53-37(51)23-13-19-4-8-27(42)36(50)34(19)35(33(23)20-3-7-26(41)30(45)14-20)38(52)54-22(16-32(48)49)10-18-2-6-25(40)29(44)12-18/h1-8,11-14,21-22,33,35,39-45,50H,9-10,15-16H2,(H,46,47)(H,48,49). The molecule has 0 aliphatic heterocycles. The van der Waals surface area contributed by atoms with Crippen molar-refractivity contribution in [2.24, 2.45) is 0 Å². The van der Waals surface area contributed by atoms with Gasteiger partial charge in [-0.05, 0) is 70.8 Å². The Balaban J connectivity index is 1.61. The molecule has 4 aromatic carbocycles. The van der Waals surface area contributed by atoms with Gasteiger partial charge in [0.05, 0.1) is 18.8 Å². The van der Waals surface area contributed by atoms with Crippen molar-refractivity contribution < 1.29 is 79.7 Å². The van der Waals surface area contributed by atoms with Crippen LogP contribution in [0.5, 0.6) is 46.0 Å². The summed E-state index contributed by atoms with van der Waals surface area (Å²) in [5.41, 5.74) is -0.130. The van der Waals surface area contributed by atoms with Crippen molar-refractivity contribution in [3.8, 4) is 46.0 Å². The molecule has 5 rings (SSSR count). The molecule has 1 aliphatic carbocycles. The monoisotopic (exact) mass is 746 g/mol. The summed E-state index contributed by atoms with van der Waals surface area (Å²) in [6.07, 6.45) is -3.69. The SMILES string of the molecule is O=C(O)CC(Cc1ccc(O)c(O)c1)OC(=O)C1=Cc2ccc(O)c(O)c2C(C(=O)OC(CC(=O)O)Cc2ccc(O)c(O)c2)C1c1ccc(O)c(O)c1. The lowest BCUT2D eigenvalue weighted by molar-refractivity contribution is -0.154. The van der Waals surface area contributed by atoms with Crippen LogP contribution in [-0.4, -0.2) is 87.2 Å². The molecule has 0 heterocycles. The Hall–Kier alpha value is -7.10. The number of phenols is 8. The van der Waals surface area contributed by atoms with Crippen LogP contribution >= 0.6 is 0 Å². The molecule has 16 nitrogen and oxygen atoms in total. The smallest absolute Gasteiger partial charge is 0.334 e. The number of esters is 2. The van der Waals surface area contributed by atoms with Crippen molar-refractivity contribution in [2.75, 3.05) is 0 Å². The van der Waals surface area contributed by atoms with Crippen LogP contribution in [-0.2, 0) is 41.5 Å². The number of phenolic OH excluding ortho intramolecular Hbond substituents is 8. The zero-order chi connectivity index (χ0) is 39.4. The van der Waals surface area contributed by atoms with E-state index in [2.05, 4.69) is 0 Å². The van der Waals surface area contributed by atoms with Gasteiger partial charge in [-0.3, -0.25) is 14.4 Å². The lowest BCUT2D eigenvalue weighted by Gasteiger charge is -2.34. The van der Waals surface area contributed by atoms with E-state index >= 15 is 0 Å². The number of hydrogen-bond donors (Lipinski definition) is 10. The lowest BCUT2D eigenvalue weighted by atomic mass is 9.71. The average Bonchev–Trinajstić information content (AvgIpc) is 3.09. The Labute approximate surface area is 305 Å². The molecule has 0 saturated carbocycles. The summed E-state index contributed by atoms with van der Waals surface area (Å²) >= 11 is 0. The van der Waals surface area contributed by atoms with Gasteiger partial charge in [0.1, 0.15) is 12.2 Å². The molecule has 4 atom stereocenters. The number of fused-ring (bicyclic) bond motifs is 1. The third-order valence-corrected chi connectivity index (χ3v) is 8.74. The van der Waals surface area contributed by atoms with E-state index < -0.39 is 107 Å². The van der Waals surface area contributed by atoms with Crippen molar-refractivity contribution in [3.63, 3.8) is 0 Å². The van der Waals surface area contributed by atoms with E-state index in [0.717, 1.165) is 42.5 Å². The Morgan fingerprint density at radius 2 is 1.06 bits per heavy atom. The normalized spacial score (nSPS) is 16.0. The molecule has 0 amide bonds. The van der Waals surface area contributed by atoms with Crippen LogP contribution in [0.1, 0.15) is 52.5 Å². The second-order valence-corrected chi connectivity index (χ2v) is 12.6. The second-order valence-electron chi connectivity index (χ2n) is 12.6. The van der Waals surface area contributed by atoms with Gasteiger partial charge in [0.2, 0.25) is 0 Å². The van der Waals surface area contributed by atoms with Crippen LogP contribution in [0.2, 0.25) is 0 Å². The maximum absolute atomic E-state index is 14.4. The van der Waals surface area contributed by atoms with Gasteiger partial charge >= 0.3 is 23.9 Å². The van der Waals surface area contributed by atoms with Crippen LogP contribution in [0.25, 0.3) is 6.08 Å². The van der Waals surface area contributed by atoms with Gasteiger partial charge in [-0.2, -0.15) is 0 Å². The molecule has 1 aliphatic rings. The number of carbonyl (C=O) groups excluding carboxylic acids is 2. The highest BCUT2D eigenvalue weighted by atomic mass is 16.6. The summed E-state index contributed by atoms with van der Waals surface area (Å²) < 4.78 is 11.4. The number of hydrogen-bond acceptors (Lipinski definition) is 14. The maximum Gasteiger partial charge on any atom is 0.334 e. The Kier molecular flexibility index (Phi) is 11.1. The first-order valence-electron chi connectivity index (χ1n) is 16.2. The minimum Gasteiger partial charge on any atom is -0.504 e. The zero-order valence-electron chi connectivity index (χ0n) is 28.0. The first kappa shape index (κ1) is 38.1. The number of carbonyl (C=O) groups is 4. The second kappa shape index (κ2) is 15.6. The molecule has 16 heteroatoms. The molecule has 0 spiro atoms. The molecule has 0 fully saturated rings. The predicted molar refractivity (Wildman–Crippen MR) is 184 cm³/mol. The fourth-order valence-corrected chi connectivity index (χ4v) is 6.29. The summed E-state index contributed by atoms with van der Waals surface area (Å²) in [6, 6.07) is 12.9. The zero-order valence-corrected chi connectivity index (χ0v) is 28.0. The summed E-state index contributed by atoms with van der Waals surface area (Å²) in [6.45, 7) is 0. The van der Waals surface area contributed by atoms with E-state index in [9.17, 15) is 70.2 Å². The molecule has 4 unspecified atom stereocenters. The molecular formula is C38H34O16. The average molecular weight is 747 g/mol. The Morgan fingerprint density at radius 1 is 0.574 bits per heavy atom. The van der Waals surface area contributed by atoms with E-state index in [4.69, 9.17) is 9.47 Å². The summed E-state index contributed by atoms with van der Waals surface area (Å²) in [5, 5.41) is 101. The minimum atomic E-state index is -1.79. The minimum absolute atomic E-state index is 0.00469. The van der Waals surface area contributed by atoms with E-state index in [0.29, 0.717) is 0 Å². The molecule has 0 radical (unpaired) electrons. The fourth-order valence-electron chi connectivity index (χ4n) is 6.29. The molecule has 282 valence electrons. The summed E-state index contributed by atoms with van der Waals surface area (Å²) in [5.74, 6) is -13.2. The third kappa shape index (κ3) is 8.50. The molecule has 0 aromatic heterocycles. The first-order valence-corrected chi connectivity index (χ1v) is 16.2. The largest absolute Gasteiger partial charge is 0.504 e. The van der Waals surface area contributed by atoms with Crippen LogP contribution in [0.4, 0.5) is 0 Å². The van der Waals surface area contributed by atoms with Gasteiger partial charge in [-0.25, -0.2) is 4.79 Å². The van der Waals surface area contributed by atoms with E-state index in [1.54, 1.807) is 0 Å². The van der Waals surface area contributed by atoms with Crippen molar-refractivity contribution in [3.05, 3.63) is 100 Å². The summed E-state index contributed by atoms with van der Waals surface area (Å²) in [7, 11) is 0. The van der Waals surface area contributed by atoms with Crippen molar-refractivity contribution >= 4 is 30.0 Å². The molecule has 10 N–H and O–H groups in total. The van der Waals surface area contributed by atoms with Gasteiger partial charge in [0, 0.05) is 29.9 Å². The number of carboxylic acid groups (broad SMARTS) is 2. The van der Waals surface area contributed by atoms with Gasteiger partial charge < -0.3 is 60.5 Å². The molecular weight excluding hydrogens is 712 g/mol. The highest BCUT2D eigenvalue weighted by molar-refractivity contribution is 6.01. The number of ether oxygens (including phenoxy) is 2. The van der Waals surface area contributed by atoms with Gasteiger partial charge in [-0.1, -0.05) is 24.3 Å². The number of aromatic hydroxyl groups is 8. The van der Waals surface area contributed by atoms with Gasteiger partial charge in [0.15, 0.2) is 46.0 Å². The summed E-state index contributed by atoms with van der Waals surface area (Å²) in [4.78, 5) is 52.3. The molecule has 54 heavy (non-hydrogen) atoms. The van der Waals surface area contributed by atoms with Crippen molar-refractivity contribution in [1.82, 2.24) is 0 Å². The quantitative estimate of drug-likeness (QED) is 0.0686. The Bertz CT molecular complexity index is 2160. The van der Waals surface area contributed by atoms with Crippen LogP contribution in [0.15, 0.2) is 72.3 Å². The van der Waals surface area contributed by atoms with Crippen LogP contribution in [0.3, 0.4) is 0 Å². The van der Waals surface area contributed by atoms with E-state index in [1.165, 1.54) is 30.3 Å². The van der Waals surface area contributed by atoms with Gasteiger partial charge in [0.25, 0.3) is 0 Å². The van der Waals surface area contributed by atoms with Crippen LogP contribution in [0, 0.1) is 0 Å². The third-order valence-electron chi connectivity index (χ3n) is 8.74. The van der Waals surface area contributed by atoms with Crippen molar-refractivity contribution in [2.45, 2.75) is 49.7 Å². The van der Waals surface area contributed by atoms with Crippen LogP contribution < -0.4 is 0 Å². The number of rotatable bonds is 13. The topological polar surface area (TPSA) is 289 Å². The Morgan fingerprint density at radius 3 is 1.56 bits per heavy atom. The maximum atomic E-state index is 14.4. The van der Waals surface area contributed by atoms with E-state index in [1.807, 2.05) is 0 Å². The number of carboxylic acids is 2. The fraction of sp³-hybridized carbons (Fsp3) is 0.211. The first-order chi connectivity index (χ1) is 25.5. The van der Waals surface area contributed by atoms with Gasteiger partial charge in [-0.15, -0.1) is 0 Å². The number of benzene rings is 4. The molecule has 0 saturated heterocycles. The predicted octanol–water partition coefficient (Wildman–Crippen LogP) is 3.85. The molecule has 4 aromatic rings.